The van der Waals surface area contributed by atoms with Gasteiger partial charge in [-0.1, -0.05) is 0 Å². The number of carbonyl (C=O) groups excluding carboxylic acids is 1. The molecule has 1 atom stereocenters. The van der Waals surface area contributed by atoms with Crippen molar-refractivity contribution in [1.29, 1.82) is 0 Å². The van der Waals surface area contributed by atoms with Crippen LogP contribution in [-0.2, 0) is 4.79 Å². The molecule has 15 heavy (non-hydrogen) atoms. The first kappa shape index (κ1) is 9.64. The number of anilines is 2. The molecule has 5 nitrogen and oxygen atoms in total. The normalized spacial score (nSPS) is 20.7. The summed E-state index contributed by atoms with van der Waals surface area (Å²) in [6, 6.07) is 3.38. The van der Waals surface area contributed by atoms with Crippen LogP contribution >= 0.6 is 0 Å². The molecular weight excluding hydrogens is 192 g/mol. The molecule has 1 amide bonds. The van der Waals surface area contributed by atoms with E-state index in [9.17, 15) is 4.79 Å². The van der Waals surface area contributed by atoms with E-state index in [0.717, 1.165) is 5.71 Å². The number of rotatable bonds is 1. The monoisotopic (exact) mass is 204 g/mol. The number of amides is 1. The lowest BCUT2D eigenvalue weighted by Crippen LogP contribution is -2.25. The highest BCUT2D eigenvalue weighted by atomic mass is 16.2. The fourth-order valence-corrected chi connectivity index (χ4v) is 1.34. The van der Waals surface area contributed by atoms with Crippen molar-refractivity contribution in [3.63, 3.8) is 0 Å². The number of pyridine rings is 1. The van der Waals surface area contributed by atoms with E-state index in [0.29, 0.717) is 11.5 Å². The fraction of sp³-hybridized carbons (Fsp3) is 0.300. The predicted molar refractivity (Wildman–Crippen MR) is 58.4 cm³/mol. The summed E-state index contributed by atoms with van der Waals surface area (Å²) < 4.78 is 0. The van der Waals surface area contributed by atoms with E-state index in [1.54, 1.807) is 12.1 Å². The zero-order valence-corrected chi connectivity index (χ0v) is 8.64. The molecule has 0 saturated heterocycles. The van der Waals surface area contributed by atoms with Crippen molar-refractivity contribution in [2.75, 3.05) is 10.7 Å². The number of aromatic nitrogens is 1. The molecule has 2 N–H and O–H groups in total. The van der Waals surface area contributed by atoms with Crippen LogP contribution in [0.2, 0.25) is 0 Å². The molecule has 0 spiro atoms. The Labute approximate surface area is 87.6 Å². The van der Waals surface area contributed by atoms with Crippen LogP contribution in [0, 0.1) is 5.92 Å². The summed E-state index contributed by atoms with van der Waals surface area (Å²) in [4.78, 5) is 15.8. The van der Waals surface area contributed by atoms with Crippen LogP contribution in [0.3, 0.4) is 0 Å². The standard InChI is InChI=1S/C10H12N4O/c1-6-7(2)13-14(10(6)15)9-4-3-8(11)5-12-9/h3-6H,11H2,1-2H3/t6-/m1/s1. The second-order valence-electron chi connectivity index (χ2n) is 3.56. The van der Waals surface area contributed by atoms with Crippen LogP contribution in [0.15, 0.2) is 23.4 Å². The molecule has 0 fully saturated rings. The molecule has 0 aromatic carbocycles. The number of hydrazone groups is 1. The molecule has 1 aromatic heterocycles. The maximum Gasteiger partial charge on any atom is 0.257 e. The average molecular weight is 204 g/mol. The topological polar surface area (TPSA) is 71.6 Å². The zero-order chi connectivity index (χ0) is 11.0. The minimum Gasteiger partial charge on any atom is -0.397 e. The molecular formula is C10H12N4O. The second-order valence-corrected chi connectivity index (χ2v) is 3.56. The number of hydrogen-bond donors (Lipinski definition) is 1. The van der Waals surface area contributed by atoms with Gasteiger partial charge in [-0.25, -0.2) is 4.98 Å². The highest BCUT2D eigenvalue weighted by Crippen LogP contribution is 2.21. The van der Waals surface area contributed by atoms with E-state index in [1.807, 2.05) is 13.8 Å². The van der Waals surface area contributed by atoms with E-state index >= 15 is 0 Å². The van der Waals surface area contributed by atoms with Gasteiger partial charge >= 0.3 is 0 Å². The lowest BCUT2D eigenvalue weighted by Gasteiger charge is -2.11. The van der Waals surface area contributed by atoms with Gasteiger partial charge in [0.15, 0.2) is 5.82 Å². The SMILES string of the molecule is CC1=NN(c2ccc(N)cn2)C(=O)[C@@H]1C. The third-order valence-electron chi connectivity index (χ3n) is 2.45. The molecule has 1 aliphatic rings. The van der Waals surface area contributed by atoms with E-state index in [-0.39, 0.29) is 11.8 Å². The molecule has 2 heterocycles. The third kappa shape index (κ3) is 1.56. The van der Waals surface area contributed by atoms with Crippen molar-refractivity contribution in [3.8, 4) is 0 Å². The predicted octanol–water partition coefficient (Wildman–Crippen LogP) is 1.02. The Bertz CT molecular complexity index is 424. The molecule has 0 radical (unpaired) electrons. The second kappa shape index (κ2) is 3.34. The van der Waals surface area contributed by atoms with Crippen LogP contribution in [0.5, 0.6) is 0 Å². The molecule has 0 bridgehead atoms. The van der Waals surface area contributed by atoms with Crippen molar-refractivity contribution in [1.82, 2.24) is 4.98 Å². The third-order valence-corrected chi connectivity index (χ3v) is 2.45. The Hall–Kier alpha value is -1.91. The molecule has 0 unspecified atom stereocenters. The summed E-state index contributed by atoms with van der Waals surface area (Å²) in [6.07, 6.45) is 1.51. The molecule has 78 valence electrons. The fourth-order valence-electron chi connectivity index (χ4n) is 1.34. The summed E-state index contributed by atoms with van der Waals surface area (Å²) in [5, 5.41) is 5.47. The minimum absolute atomic E-state index is 0.0511. The van der Waals surface area contributed by atoms with Gasteiger partial charge in [-0.15, -0.1) is 0 Å². The van der Waals surface area contributed by atoms with Crippen LogP contribution < -0.4 is 10.7 Å². The Morgan fingerprint density at radius 2 is 2.20 bits per heavy atom. The largest absolute Gasteiger partial charge is 0.397 e. The van der Waals surface area contributed by atoms with Crippen LogP contribution in [-0.4, -0.2) is 16.6 Å². The Balaban J connectivity index is 2.33. The number of carbonyl (C=O) groups is 1. The van der Waals surface area contributed by atoms with Gasteiger partial charge in [0, 0.05) is 5.71 Å². The van der Waals surface area contributed by atoms with E-state index in [4.69, 9.17) is 5.73 Å². The van der Waals surface area contributed by atoms with Crippen molar-refractivity contribution in [2.24, 2.45) is 11.0 Å². The van der Waals surface area contributed by atoms with Gasteiger partial charge in [0.25, 0.3) is 5.91 Å². The summed E-state index contributed by atoms with van der Waals surface area (Å²) in [5.41, 5.74) is 6.89. The van der Waals surface area contributed by atoms with Crippen molar-refractivity contribution in [3.05, 3.63) is 18.3 Å². The van der Waals surface area contributed by atoms with E-state index in [2.05, 4.69) is 10.1 Å². The van der Waals surface area contributed by atoms with Gasteiger partial charge < -0.3 is 5.73 Å². The summed E-state index contributed by atoms with van der Waals surface area (Å²) in [7, 11) is 0. The Kier molecular flexibility index (Phi) is 2.15. The van der Waals surface area contributed by atoms with Gasteiger partial charge in [-0.2, -0.15) is 10.1 Å². The Morgan fingerprint density at radius 1 is 1.47 bits per heavy atom. The van der Waals surface area contributed by atoms with Gasteiger partial charge in [0.05, 0.1) is 17.8 Å². The number of nitrogen functional groups attached to an aromatic ring is 1. The van der Waals surface area contributed by atoms with Crippen LogP contribution in [0.25, 0.3) is 0 Å². The molecule has 0 aliphatic carbocycles. The smallest absolute Gasteiger partial charge is 0.257 e. The number of nitrogens with zero attached hydrogens (tertiary/aromatic N) is 3. The van der Waals surface area contributed by atoms with Gasteiger partial charge in [0.2, 0.25) is 0 Å². The minimum atomic E-state index is -0.163. The molecule has 5 heteroatoms. The van der Waals surface area contributed by atoms with Crippen LogP contribution in [0.4, 0.5) is 11.5 Å². The first-order valence-electron chi connectivity index (χ1n) is 4.70. The Morgan fingerprint density at radius 3 is 2.67 bits per heavy atom. The van der Waals surface area contributed by atoms with Gasteiger partial charge in [-0.3, -0.25) is 4.79 Å². The van der Waals surface area contributed by atoms with Crippen molar-refractivity contribution in [2.45, 2.75) is 13.8 Å². The summed E-state index contributed by atoms with van der Waals surface area (Å²) >= 11 is 0. The van der Waals surface area contributed by atoms with E-state index < -0.39 is 0 Å². The number of nitrogens with two attached hydrogens (primary N) is 1. The zero-order valence-electron chi connectivity index (χ0n) is 8.64. The first-order chi connectivity index (χ1) is 7.09. The van der Waals surface area contributed by atoms with E-state index in [1.165, 1.54) is 11.2 Å². The van der Waals surface area contributed by atoms with Gasteiger partial charge in [-0.05, 0) is 26.0 Å². The lowest BCUT2D eigenvalue weighted by atomic mass is 10.1. The summed E-state index contributed by atoms with van der Waals surface area (Å²) in [6.45, 7) is 3.67. The first-order valence-corrected chi connectivity index (χ1v) is 4.70. The quantitative estimate of drug-likeness (QED) is 0.742. The molecule has 0 saturated carbocycles. The highest BCUT2D eigenvalue weighted by Gasteiger charge is 2.31. The number of hydrogen-bond acceptors (Lipinski definition) is 4. The maximum absolute atomic E-state index is 11.7. The lowest BCUT2D eigenvalue weighted by molar-refractivity contribution is -0.119. The molecule has 2 rings (SSSR count). The maximum atomic E-state index is 11.7. The van der Waals surface area contributed by atoms with Crippen molar-refractivity contribution < 1.29 is 4.79 Å². The molecule has 1 aliphatic heterocycles. The highest BCUT2D eigenvalue weighted by molar-refractivity contribution is 6.14. The summed E-state index contributed by atoms with van der Waals surface area (Å²) in [5.74, 6) is 0.298. The average Bonchev–Trinajstić information content (AvgIpc) is 2.47. The van der Waals surface area contributed by atoms with Crippen LogP contribution in [0.1, 0.15) is 13.8 Å². The molecule has 1 aromatic rings. The van der Waals surface area contributed by atoms with Gasteiger partial charge in [0.1, 0.15) is 0 Å². The van der Waals surface area contributed by atoms with Crippen molar-refractivity contribution >= 4 is 23.1 Å².